The molecule has 0 aromatic heterocycles. The van der Waals surface area contributed by atoms with Gasteiger partial charge >= 0.3 is 6.03 Å². The molecule has 0 aliphatic heterocycles. The number of halogens is 2. The van der Waals surface area contributed by atoms with Crippen LogP contribution in [0.25, 0.3) is 0 Å². The summed E-state index contributed by atoms with van der Waals surface area (Å²) >= 11 is 0. The highest BCUT2D eigenvalue weighted by Gasteiger charge is 2.41. The monoisotopic (exact) mass is 373 g/mol. The fourth-order valence-electron chi connectivity index (χ4n) is 3.30. The average Bonchev–Trinajstić information content (AvgIpc) is 2.66. The largest absolute Gasteiger partial charge is 0.323 e. The number of carbonyl (C=O) groups is 2. The number of amides is 3. The molecule has 1 saturated carbocycles. The number of nitrogens with one attached hydrogen (secondary N) is 3. The highest BCUT2D eigenvalue weighted by Crippen LogP contribution is 2.30. The number of hydrogen-bond donors (Lipinski definition) is 3. The third-order valence-electron chi connectivity index (χ3n) is 4.70. The van der Waals surface area contributed by atoms with E-state index in [1.807, 2.05) is 6.07 Å². The summed E-state index contributed by atoms with van der Waals surface area (Å²) in [7, 11) is 0. The minimum absolute atomic E-state index is 0.241. The molecule has 27 heavy (non-hydrogen) atoms. The third kappa shape index (κ3) is 4.61. The van der Waals surface area contributed by atoms with Crippen molar-refractivity contribution >= 4 is 23.3 Å². The normalized spacial score (nSPS) is 15.6. The zero-order chi connectivity index (χ0) is 19.3. The van der Waals surface area contributed by atoms with Crippen LogP contribution in [0.15, 0.2) is 48.5 Å². The highest BCUT2D eigenvalue weighted by atomic mass is 19.1. The Hall–Kier alpha value is -2.96. The van der Waals surface area contributed by atoms with Crippen LogP contribution < -0.4 is 16.0 Å². The summed E-state index contributed by atoms with van der Waals surface area (Å²) in [4.78, 5) is 25.3. The van der Waals surface area contributed by atoms with Gasteiger partial charge in [0.1, 0.15) is 17.2 Å². The van der Waals surface area contributed by atoms with E-state index in [2.05, 4.69) is 16.0 Å². The van der Waals surface area contributed by atoms with Crippen LogP contribution in [0.3, 0.4) is 0 Å². The van der Waals surface area contributed by atoms with Crippen LogP contribution >= 0.6 is 0 Å². The fraction of sp³-hybridized carbons (Fsp3) is 0.300. The molecule has 3 N–H and O–H groups in total. The van der Waals surface area contributed by atoms with Gasteiger partial charge in [-0.05, 0) is 37.1 Å². The number of carbonyl (C=O) groups excluding carboxylic acids is 2. The standard InChI is InChI=1S/C20H21F2N3O2/c21-14-9-10-16(22)17(13-14)24-18(26)20(11-5-2-6-12-20)25-19(27)23-15-7-3-1-4-8-15/h1,3-4,7-10,13H,2,5-6,11-12H2,(H,24,26)(H2,23,25,27). The number of urea groups is 1. The summed E-state index contributed by atoms with van der Waals surface area (Å²) in [5, 5.41) is 7.88. The van der Waals surface area contributed by atoms with E-state index in [9.17, 15) is 18.4 Å². The molecule has 0 saturated heterocycles. The predicted octanol–water partition coefficient (Wildman–Crippen LogP) is 4.43. The first kappa shape index (κ1) is 18.8. The third-order valence-corrected chi connectivity index (χ3v) is 4.70. The molecule has 3 rings (SSSR count). The maximum Gasteiger partial charge on any atom is 0.320 e. The van der Waals surface area contributed by atoms with Gasteiger partial charge in [0.05, 0.1) is 5.69 Å². The predicted molar refractivity (Wildman–Crippen MR) is 99.4 cm³/mol. The minimum Gasteiger partial charge on any atom is -0.323 e. The van der Waals surface area contributed by atoms with Gasteiger partial charge in [-0.2, -0.15) is 0 Å². The molecular weight excluding hydrogens is 352 g/mol. The quantitative estimate of drug-likeness (QED) is 0.742. The van der Waals surface area contributed by atoms with E-state index in [0.29, 0.717) is 18.5 Å². The van der Waals surface area contributed by atoms with Crippen molar-refractivity contribution in [2.45, 2.75) is 37.6 Å². The second-order valence-corrected chi connectivity index (χ2v) is 6.67. The van der Waals surface area contributed by atoms with Gasteiger partial charge in [-0.25, -0.2) is 13.6 Å². The van der Waals surface area contributed by atoms with Gasteiger partial charge in [0, 0.05) is 11.8 Å². The van der Waals surface area contributed by atoms with Crippen molar-refractivity contribution in [3.63, 3.8) is 0 Å². The molecule has 1 aliphatic carbocycles. The molecule has 0 spiro atoms. The van der Waals surface area contributed by atoms with Crippen LogP contribution in [0.4, 0.5) is 25.0 Å². The zero-order valence-electron chi connectivity index (χ0n) is 14.7. The Kier molecular flexibility index (Phi) is 5.69. The lowest BCUT2D eigenvalue weighted by Gasteiger charge is -2.36. The van der Waals surface area contributed by atoms with Crippen LogP contribution in [0.5, 0.6) is 0 Å². The van der Waals surface area contributed by atoms with E-state index in [-0.39, 0.29) is 5.69 Å². The molecule has 2 aromatic rings. The summed E-state index contributed by atoms with van der Waals surface area (Å²) in [5.74, 6) is -1.93. The molecule has 1 aliphatic rings. The maximum atomic E-state index is 13.9. The Morgan fingerprint density at radius 1 is 0.889 bits per heavy atom. The van der Waals surface area contributed by atoms with Gasteiger partial charge in [-0.3, -0.25) is 4.79 Å². The van der Waals surface area contributed by atoms with Crippen molar-refractivity contribution < 1.29 is 18.4 Å². The van der Waals surface area contributed by atoms with Crippen LogP contribution in [-0.4, -0.2) is 17.5 Å². The second-order valence-electron chi connectivity index (χ2n) is 6.67. The zero-order valence-corrected chi connectivity index (χ0v) is 14.7. The molecule has 0 heterocycles. The molecule has 2 aromatic carbocycles. The van der Waals surface area contributed by atoms with Crippen LogP contribution in [0.2, 0.25) is 0 Å². The van der Waals surface area contributed by atoms with Crippen molar-refractivity contribution in [3.8, 4) is 0 Å². The minimum atomic E-state index is -1.17. The van der Waals surface area contributed by atoms with Gasteiger partial charge in [0.2, 0.25) is 5.91 Å². The molecular formula is C20H21F2N3O2. The van der Waals surface area contributed by atoms with Gasteiger partial charge in [0.25, 0.3) is 0 Å². The topological polar surface area (TPSA) is 70.2 Å². The first-order valence-corrected chi connectivity index (χ1v) is 8.89. The molecule has 0 unspecified atom stereocenters. The number of benzene rings is 2. The number of hydrogen-bond acceptors (Lipinski definition) is 2. The number of rotatable bonds is 4. The summed E-state index contributed by atoms with van der Waals surface area (Å²) in [5.41, 5.74) is -0.816. The van der Waals surface area contributed by atoms with Crippen LogP contribution in [0.1, 0.15) is 32.1 Å². The van der Waals surface area contributed by atoms with Crippen molar-refractivity contribution in [1.82, 2.24) is 5.32 Å². The van der Waals surface area contributed by atoms with Crippen molar-refractivity contribution in [3.05, 3.63) is 60.2 Å². The Balaban J connectivity index is 1.76. The summed E-state index contributed by atoms with van der Waals surface area (Å²) in [6, 6.07) is 11.2. The average molecular weight is 373 g/mol. The lowest BCUT2D eigenvalue weighted by Crippen LogP contribution is -2.58. The lowest BCUT2D eigenvalue weighted by atomic mass is 9.81. The molecule has 0 radical (unpaired) electrons. The number of anilines is 2. The molecule has 1 fully saturated rings. The highest BCUT2D eigenvalue weighted by molar-refractivity contribution is 6.02. The van der Waals surface area contributed by atoms with E-state index in [1.54, 1.807) is 24.3 Å². The van der Waals surface area contributed by atoms with Gasteiger partial charge in [0.15, 0.2) is 0 Å². The van der Waals surface area contributed by atoms with Crippen molar-refractivity contribution in [2.75, 3.05) is 10.6 Å². The van der Waals surface area contributed by atoms with E-state index in [4.69, 9.17) is 0 Å². The van der Waals surface area contributed by atoms with E-state index in [0.717, 1.165) is 37.5 Å². The first-order valence-electron chi connectivity index (χ1n) is 8.89. The molecule has 7 heteroatoms. The van der Waals surface area contributed by atoms with E-state index in [1.165, 1.54) is 0 Å². The van der Waals surface area contributed by atoms with Gasteiger partial charge in [-0.15, -0.1) is 0 Å². The van der Waals surface area contributed by atoms with Gasteiger partial charge < -0.3 is 16.0 Å². The summed E-state index contributed by atoms with van der Waals surface area (Å²) < 4.78 is 27.3. The van der Waals surface area contributed by atoms with E-state index >= 15 is 0 Å². The Morgan fingerprint density at radius 2 is 1.59 bits per heavy atom. The lowest BCUT2D eigenvalue weighted by molar-refractivity contribution is -0.123. The Bertz CT molecular complexity index is 821. The summed E-state index contributed by atoms with van der Waals surface area (Å²) in [6.45, 7) is 0. The second kappa shape index (κ2) is 8.16. The smallest absolute Gasteiger partial charge is 0.320 e. The number of para-hydroxylation sites is 1. The Labute approximate surface area is 156 Å². The van der Waals surface area contributed by atoms with Crippen LogP contribution in [-0.2, 0) is 4.79 Å². The molecule has 3 amide bonds. The molecule has 0 atom stereocenters. The van der Waals surface area contributed by atoms with Crippen molar-refractivity contribution in [2.24, 2.45) is 0 Å². The SMILES string of the molecule is O=C(Nc1ccccc1)NC1(C(=O)Nc2cc(F)ccc2F)CCCCC1. The first-order chi connectivity index (χ1) is 13.0. The van der Waals surface area contributed by atoms with Gasteiger partial charge in [-0.1, -0.05) is 37.5 Å². The fourth-order valence-corrected chi connectivity index (χ4v) is 3.30. The molecule has 142 valence electrons. The molecule has 5 nitrogen and oxygen atoms in total. The van der Waals surface area contributed by atoms with E-state index < -0.39 is 29.1 Å². The Morgan fingerprint density at radius 3 is 2.30 bits per heavy atom. The van der Waals surface area contributed by atoms with Crippen molar-refractivity contribution in [1.29, 1.82) is 0 Å². The molecule has 0 bridgehead atoms. The maximum absolute atomic E-state index is 13.9. The summed E-state index contributed by atoms with van der Waals surface area (Å²) in [6.07, 6.45) is 3.32. The van der Waals surface area contributed by atoms with Crippen LogP contribution in [0, 0.1) is 11.6 Å².